The number of aromatic nitrogens is 2. The molecule has 0 N–H and O–H groups in total. The highest BCUT2D eigenvalue weighted by Crippen LogP contribution is 2.31. The fourth-order valence-electron chi connectivity index (χ4n) is 1.94. The molecule has 0 atom stereocenters. The highest BCUT2D eigenvalue weighted by Gasteiger charge is 2.34. The minimum atomic E-state index is -4.75. The zero-order valence-electron chi connectivity index (χ0n) is 12.6. The van der Waals surface area contributed by atoms with E-state index in [9.17, 15) is 22.4 Å². The van der Waals surface area contributed by atoms with E-state index in [1.807, 2.05) is 0 Å². The van der Waals surface area contributed by atoms with E-state index in [1.54, 1.807) is 0 Å². The average Bonchev–Trinajstić information content (AvgIpc) is 2.48. The molecular weight excluding hydrogens is 387 g/mol. The lowest BCUT2D eigenvalue weighted by atomic mass is 10.2. The summed E-state index contributed by atoms with van der Waals surface area (Å²) < 4.78 is 58.3. The van der Waals surface area contributed by atoms with Crippen LogP contribution in [0.5, 0.6) is 5.75 Å². The van der Waals surface area contributed by atoms with E-state index in [0.717, 1.165) is 19.1 Å². The van der Waals surface area contributed by atoms with Gasteiger partial charge < -0.3 is 4.74 Å². The Balaban J connectivity index is 2.59. The van der Waals surface area contributed by atoms with Gasteiger partial charge in [-0.25, -0.2) is 4.39 Å². The van der Waals surface area contributed by atoms with Gasteiger partial charge >= 0.3 is 6.18 Å². The van der Waals surface area contributed by atoms with Gasteiger partial charge in [-0.2, -0.15) is 23.0 Å². The highest BCUT2D eigenvalue weighted by molar-refractivity contribution is 6.32. The molecular formula is C15H10Cl2F4N2O2. The summed E-state index contributed by atoms with van der Waals surface area (Å²) in [6.07, 6.45) is -4.30. The second-order valence-electron chi connectivity index (χ2n) is 4.94. The Morgan fingerprint density at radius 2 is 2.04 bits per heavy atom. The van der Waals surface area contributed by atoms with Crippen LogP contribution in [0.15, 0.2) is 34.7 Å². The zero-order valence-corrected chi connectivity index (χ0v) is 14.1. The van der Waals surface area contributed by atoms with E-state index in [2.05, 4.69) is 11.7 Å². The van der Waals surface area contributed by atoms with Crippen molar-refractivity contribution in [1.82, 2.24) is 9.78 Å². The van der Waals surface area contributed by atoms with Gasteiger partial charge in [0.05, 0.1) is 16.8 Å². The molecule has 0 saturated heterocycles. The third kappa shape index (κ3) is 4.13. The van der Waals surface area contributed by atoms with Gasteiger partial charge in [0.25, 0.3) is 5.56 Å². The smallest absolute Gasteiger partial charge is 0.418 e. The van der Waals surface area contributed by atoms with Crippen molar-refractivity contribution in [2.45, 2.75) is 13.1 Å². The van der Waals surface area contributed by atoms with Crippen molar-refractivity contribution >= 4 is 23.2 Å². The van der Waals surface area contributed by atoms with Crippen molar-refractivity contribution in [3.8, 4) is 11.4 Å². The van der Waals surface area contributed by atoms with Crippen LogP contribution in [0.25, 0.3) is 5.69 Å². The Morgan fingerprint density at radius 1 is 1.40 bits per heavy atom. The SMILES string of the molecule is C=C(Cl)COc1cc(-n2ncc(C(F)(F)F)c(C)c2=O)c(F)cc1Cl. The molecule has 0 aliphatic carbocycles. The van der Waals surface area contributed by atoms with Crippen molar-refractivity contribution in [1.29, 1.82) is 0 Å². The molecule has 0 spiro atoms. The van der Waals surface area contributed by atoms with Crippen LogP contribution < -0.4 is 10.3 Å². The predicted molar refractivity (Wildman–Crippen MR) is 85.0 cm³/mol. The first kappa shape index (κ1) is 19.3. The Bertz CT molecular complexity index is 894. The molecule has 25 heavy (non-hydrogen) atoms. The molecule has 2 rings (SSSR count). The first-order chi connectivity index (χ1) is 11.5. The van der Waals surface area contributed by atoms with Gasteiger partial charge in [-0.1, -0.05) is 29.8 Å². The molecule has 4 nitrogen and oxygen atoms in total. The second kappa shape index (κ2) is 7.05. The molecule has 0 amide bonds. The maximum absolute atomic E-state index is 14.2. The summed E-state index contributed by atoms with van der Waals surface area (Å²) in [6.45, 7) is 4.25. The Labute approximate surface area is 149 Å². The van der Waals surface area contributed by atoms with E-state index in [-0.39, 0.29) is 22.4 Å². The van der Waals surface area contributed by atoms with E-state index < -0.39 is 34.4 Å². The Kier molecular flexibility index (Phi) is 5.43. The summed E-state index contributed by atoms with van der Waals surface area (Å²) in [4.78, 5) is 12.2. The minimum Gasteiger partial charge on any atom is -0.486 e. The van der Waals surface area contributed by atoms with Crippen molar-refractivity contribution in [2.24, 2.45) is 0 Å². The molecule has 0 aliphatic heterocycles. The molecule has 0 radical (unpaired) electrons. The van der Waals surface area contributed by atoms with Crippen molar-refractivity contribution in [3.05, 3.63) is 62.3 Å². The number of ether oxygens (including phenoxy) is 1. The van der Waals surface area contributed by atoms with Crippen LogP contribution in [0.2, 0.25) is 5.02 Å². The van der Waals surface area contributed by atoms with Gasteiger partial charge in [-0.3, -0.25) is 4.79 Å². The summed E-state index contributed by atoms with van der Waals surface area (Å²) in [5.41, 5.74) is -3.35. The molecule has 134 valence electrons. The van der Waals surface area contributed by atoms with Crippen LogP contribution in [0.4, 0.5) is 17.6 Å². The first-order valence-electron chi connectivity index (χ1n) is 6.64. The maximum Gasteiger partial charge on any atom is 0.418 e. The lowest BCUT2D eigenvalue weighted by Gasteiger charge is -2.14. The van der Waals surface area contributed by atoms with Gasteiger partial charge in [0.15, 0.2) is 5.82 Å². The standard InChI is InChI=1S/C15H10Cl2F4N2O2/c1-7(16)6-25-13-4-12(11(18)3-10(13)17)23-14(24)8(2)9(5-22-23)15(19,20)21/h3-5H,1,6H2,2H3. The number of alkyl halides is 3. The van der Waals surface area contributed by atoms with Crippen molar-refractivity contribution < 1.29 is 22.3 Å². The van der Waals surface area contributed by atoms with Crippen molar-refractivity contribution in [3.63, 3.8) is 0 Å². The quantitative estimate of drug-likeness (QED) is 0.715. The zero-order chi connectivity index (χ0) is 18.9. The van der Waals surface area contributed by atoms with Crippen LogP contribution in [-0.2, 0) is 6.18 Å². The summed E-state index contributed by atoms with van der Waals surface area (Å²) in [5.74, 6) is -0.998. The monoisotopic (exact) mass is 396 g/mol. The Morgan fingerprint density at radius 3 is 2.60 bits per heavy atom. The third-order valence-electron chi connectivity index (χ3n) is 3.14. The molecule has 1 heterocycles. The van der Waals surface area contributed by atoms with Crippen LogP contribution in [0.3, 0.4) is 0 Å². The molecule has 1 aromatic heterocycles. The molecule has 0 unspecified atom stereocenters. The highest BCUT2D eigenvalue weighted by atomic mass is 35.5. The van der Waals surface area contributed by atoms with Crippen LogP contribution >= 0.6 is 23.2 Å². The Hall–Kier alpha value is -2.06. The van der Waals surface area contributed by atoms with Crippen molar-refractivity contribution in [2.75, 3.05) is 6.61 Å². The molecule has 0 fully saturated rings. The molecule has 1 aromatic carbocycles. The number of hydrogen-bond donors (Lipinski definition) is 0. The lowest BCUT2D eigenvalue weighted by molar-refractivity contribution is -0.138. The van der Waals surface area contributed by atoms with Crippen LogP contribution in [-0.4, -0.2) is 16.4 Å². The van der Waals surface area contributed by atoms with Crippen LogP contribution in [0.1, 0.15) is 11.1 Å². The predicted octanol–water partition coefficient (Wildman–Crippen LogP) is 4.48. The average molecular weight is 397 g/mol. The summed E-state index contributed by atoms with van der Waals surface area (Å²) in [5, 5.41) is 3.43. The molecule has 2 aromatic rings. The first-order valence-corrected chi connectivity index (χ1v) is 7.39. The fraction of sp³-hybridized carbons (Fsp3) is 0.200. The maximum atomic E-state index is 14.2. The van der Waals surface area contributed by atoms with Gasteiger partial charge in [0.1, 0.15) is 18.0 Å². The van der Waals surface area contributed by atoms with E-state index in [1.165, 1.54) is 0 Å². The molecule has 0 bridgehead atoms. The number of halogens is 6. The number of benzene rings is 1. The molecule has 10 heteroatoms. The molecule has 0 saturated carbocycles. The van der Waals surface area contributed by atoms with E-state index in [4.69, 9.17) is 27.9 Å². The number of hydrogen-bond acceptors (Lipinski definition) is 3. The summed E-state index contributed by atoms with van der Waals surface area (Å²) in [7, 11) is 0. The van der Waals surface area contributed by atoms with E-state index in [0.29, 0.717) is 10.9 Å². The van der Waals surface area contributed by atoms with Gasteiger partial charge in [0.2, 0.25) is 0 Å². The largest absolute Gasteiger partial charge is 0.486 e. The fourth-order valence-corrected chi connectivity index (χ4v) is 2.20. The number of nitrogens with zero attached hydrogens (tertiary/aromatic N) is 2. The topological polar surface area (TPSA) is 44.1 Å². The summed E-state index contributed by atoms with van der Waals surface area (Å²) in [6, 6.07) is 1.89. The lowest BCUT2D eigenvalue weighted by Crippen LogP contribution is -2.27. The third-order valence-corrected chi connectivity index (χ3v) is 3.54. The van der Waals surface area contributed by atoms with Crippen LogP contribution in [0, 0.1) is 12.7 Å². The van der Waals surface area contributed by atoms with Gasteiger partial charge in [0, 0.05) is 16.7 Å². The van der Waals surface area contributed by atoms with Gasteiger partial charge in [-0.05, 0) is 13.0 Å². The number of rotatable bonds is 4. The normalized spacial score (nSPS) is 11.5. The van der Waals surface area contributed by atoms with Gasteiger partial charge in [-0.15, -0.1) is 0 Å². The minimum absolute atomic E-state index is 0.0360. The van der Waals surface area contributed by atoms with E-state index >= 15 is 0 Å². The summed E-state index contributed by atoms with van der Waals surface area (Å²) >= 11 is 11.4. The second-order valence-corrected chi connectivity index (χ2v) is 5.88. The molecule has 0 aliphatic rings.